The molecule has 0 aliphatic carbocycles. The number of nitriles is 2. The van der Waals surface area contributed by atoms with Gasteiger partial charge in [-0.2, -0.15) is 20.7 Å². The predicted molar refractivity (Wildman–Crippen MR) is 315 cm³/mol. The average Bonchev–Trinajstić information content (AvgIpc) is 2.65. The molecule has 11 rings (SSSR count). The third kappa shape index (κ3) is 13.1. The fourth-order valence-electron chi connectivity index (χ4n) is 10.1. The van der Waals surface area contributed by atoms with E-state index in [2.05, 4.69) is 62.5 Å². The lowest BCUT2D eigenvalue weighted by atomic mass is 10.0. The SMILES string of the molecule is C[C@@H](NC(=O)c1c[nH]c2ncc(-c3nn(CCO)c4cc(Cl)ccc34)nc12)C(=O)N1CC(C#N)C1.C[C@@H](NC(=O)c1cn(COCC[Si](C)(C)C)c2ncc(-c3nn(CCOC4CCCCO4)c4cc(Cl)ccc34)nc12)C(=O)N1CC(C#N)C1. The molecular weight excluding hydrogens is 1140 g/mol. The van der Waals surface area contributed by atoms with Crippen LogP contribution in [0.15, 0.2) is 61.2 Å². The molecule has 3 atom stereocenters. The maximum Gasteiger partial charge on any atom is 0.255 e. The van der Waals surface area contributed by atoms with Crippen LogP contribution in [0.1, 0.15) is 53.8 Å². The highest BCUT2D eigenvalue weighted by Crippen LogP contribution is 2.33. The molecule has 9 heterocycles. The molecule has 3 fully saturated rings. The van der Waals surface area contributed by atoms with Gasteiger partial charge in [0.05, 0.1) is 84.8 Å². The number of aromatic nitrogens is 10. The van der Waals surface area contributed by atoms with E-state index in [4.69, 9.17) is 63.0 Å². The van der Waals surface area contributed by atoms with Crippen molar-refractivity contribution in [3.8, 4) is 34.9 Å². The number of hydrogen-bond donors (Lipinski definition) is 4. The summed E-state index contributed by atoms with van der Waals surface area (Å²) in [4.78, 5) is 77.0. The first-order valence-electron chi connectivity index (χ1n) is 27.8. The molecule has 0 spiro atoms. The first-order valence-corrected chi connectivity index (χ1v) is 32.3. The van der Waals surface area contributed by atoms with Crippen LogP contribution in [0.2, 0.25) is 35.7 Å². The van der Waals surface area contributed by atoms with Crippen LogP contribution < -0.4 is 10.6 Å². The number of rotatable bonds is 19. The second-order valence-electron chi connectivity index (χ2n) is 22.3. The number of hydrogen-bond acceptors (Lipinski definition) is 16. The van der Waals surface area contributed by atoms with Gasteiger partial charge >= 0.3 is 0 Å². The molecule has 3 saturated heterocycles. The Bertz CT molecular complexity index is 3860. The monoisotopic (exact) mass is 1200 g/mol. The van der Waals surface area contributed by atoms with Crippen LogP contribution in [-0.4, -0.2) is 167 Å². The Morgan fingerprint density at radius 3 is 1.93 bits per heavy atom. The maximum atomic E-state index is 13.7. The molecule has 438 valence electrons. The van der Waals surface area contributed by atoms with Crippen molar-refractivity contribution in [3.05, 3.63) is 82.4 Å². The van der Waals surface area contributed by atoms with Gasteiger partial charge in [-0.15, -0.1) is 0 Å². The normalized spacial score (nSPS) is 16.4. The van der Waals surface area contributed by atoms with E-state index in [1.165, 1.54) is 6.20 Å². The van der Waals surface area contributed by atoms with Gasteiger partial charge in [-0.1, -0.05) is 42.8 Å². The van der Waals surface area contributed by atoms with Crippen molar-refractivity contribution in [3.63, 3.8) is 0 Å². The summed E-state index contributed by atoms with van der Waals surface area (Å²) < 4.78 is 23.0. The lowest BCUT2D eigenvalue weighted by molar-refractivity contribution is -0.163. The van der Waals surface area contributed by atoms with E-state index in [0.717, 1.165) is 47.1 Å². The number of carbonyl (C=O) groups excluding carboxylic acids is 4. The van der Waals surface area contributed by atoms with Gasteiger partial charge in [0, 0.05) is 80.7 Å². The van der Waals surface area contributed by atoms with Crippen LogP contribution in [0, 0.1) is 34.5 Å². The smallest absolute Gasteiger partial charge is 0.255 e. The lowest BCUT2D eigenvalue weighted by Gasteiger charge is -2.37. The molecule has 24 nitrogen and oxygen atoms in total. The van der Waals surface area contributed by atoms with Crippen molar-refractivity contribution >= 4 is 99.0 Å². The Hall–Kier alpha value is -7.88. The number of H-pyrrole nitrogens is 1. The molecule has 27 heteroatoms. The summed E-state index contributed by atoms with van der Waals surface area (Å²) in [5, 5.41) is 45.2. The second-order valence-corrected chi connectivity index (χ2v) is 28.8. The number of halogens is 2. The molecule has 0 bridgehead atoms. The van der Waals surface area contributed by atoms with Gasteiger partial charge in [-0.05, 0) is 75.6 Å². The third-order valence-electron chi connectivity index (χ3n) is 14.8. The average molecular weight is 1200 g/mol. The van der Waals surface area contributed by atoms with Crippen molar-refractivity contribution < 1.29 is 38.5 Å². The minimum Gasteiger partial charge on any atom is -0.394 e. The molecule has 3 aliphatic heterocycles. The van der Waals surface area contributed by atoms with Crippen LogP contribution in [0.3, 0.4) is 0 Å². The van der Waals surface area contributed by atoms with Gasteiger partial charge in [0.1, 0.15) is 52.6 Å². The van der Waals surface area contributed by atoms with Gasteiger partial charge in [-0.25, -0.2) is 19.9 Å². The molecule has 4 N–H and O–H groups in total. The van der Waals surface area contributed by atoms with E-state index < -0.39 is 32.0 Å². The number of fused-ring (bicyclic) bond motifs is 4. The molecule has 6 aromatic heterocycles. The summed E-state index contributed by atoms with van der Waals surface area (Å²) in [5.41, 5.74) is 5.74. The molecule has 84 heavy (non-hydrogen) atoms. The number of benzene rings is 2. The summed E-state index contributed by atoms with van der Waals surface area (Å²) in [6.07, 6.45) is 9.17. The topological polar surface area (TPSA) is 302 Å². The van der Waals surface area contributed by atoms with E-state index in [1.807, 2.05) is 22.9 Å². The first kappa shape index (κ1) is 59.3. The summed E-state index contributed by atoms with van der Waals surface area (Å²) in [6, 6.07) is 14.6. The number of aliphatic hydroxyl groups is 1. The van der Waals surface area contributed by atoms with E-state index in [1.54, 1.807) is 69.7 Å². The molecule has 2 aromatic carbocycles. The minimum atomic E-state index is -1.30. The summed E-state index contributed by atoms with van der Waals surface area (Å²) in [7, 11) is -1.30. The van der Waals surface area contributed by atoms with E-state index in [-0.39, 0.29) is 60.9 Å². The molecule has 0 radical (unpaired) electrons. The molecule has 3 aliphatic rings. The largest absolute Gasteiger partial charge is 0.394 e. The summed E-state index contributed by atoms with van der Waals surface area (Å²) >= 11 is 12.6. The van der Waals surface area contributed by atoms with Gasteiger partial charge in [-0.3, -0.25) is 28.5 Å². The Labute approximate surface area is 494 Å². The van der Waals surface area contributed by atoms with Crippen molar-refractivity contribution in [1.82, 2.24) is 69.5 Å². The first-order chi connectivity index (χ1) is 40.4. The Morgan fingerprint density at radius 1 is 0.798 bits per heavy atom. The fourth-order valence-corrected chi connectivity index (χ4v) is 11.2. The van der Waals surface area contributed by atoms with Crippen molar-refractivity contribution in [2.75, 3.05) is 52.6 Å². The molecule has 1 unspecified atom stereocenters. The van der Waals surface area contributed by atoms with Crippen LogP contribution in [0.25, 0.3) is 66.9 Å². The maximum absolute atomic E-state index is 13.7. The number of carbonyl (C=O) groups is 4. The molecule has 0 saturated carbocycles. The zero-order valence-corrected chi connectivity index (χ0v) is 49.7. The minimum absolute atomic E-state index is 0.0962. The number of aliphatic hydroxyl groups excluding tert-OH is 1. The number of amides is 4. The Balaban J connectivity index is 0.000000198. The van der Waals surface area contributed by atoms with E-state index >= 15 is 0 Å². The number of ether oxygens (including phenoxy) is 3. The van der Waals surface area contributed by atoms with Crippen molar-refractivity contribution in [2.45, 2.75) is 97.0 Å². The second kappa shape index (κ2) is 25.5. The van der Waals surface area contributed by atoms with Gasteiger partial charge in [0.2, 0.25) is 11.8 Å². The van der Waals surface area contributed by atoms with Crippen molar-refractivity contribution in [1.29, 1.82) is 10.5 Å². The molecule has 8 aromatic rings. The highest BCUT2D eigenvalue weighted by molar-refractivity contribution is 6.76. The number of nitrogens with zero attached hydrogens (tertiary/aromatic N) is 13. The zero-order chi connectivity index (χ0) is 59.4. The zero-order valence-electron chi connectivity index (χ0n) is 47.1. The Morgan fingerprint density at radius 2 is 1.37 bits per heavy atom. The summed E-state index contributed by atoms with van der Waals surface area (Å²) in [6.45, 7) is 14.2. The van der Waals surface area contributed by atoms with Gasteiger partial charge in [0.25, 0.3) is 11.8 Å². The van der Waals surface area contributed by atoms with Crippen LogP contribution in [0.4, 0.5) is 0 Å². The summed E-state index contributed by atoms with van der Waals surface area (Å²) in [5.74, 6) is -1.73. The predicted octanol–water partition coefficient (Wildman–Crippen LogP) is 6.78. The van der Waals surface area contributed by atoms with Crippen molar-refractivity contribution in [2.24, 2.45) is 11.8 Å². The van der Waals surface area contributed by atoms with Crippen LogP contribution in [0.5, 0.6) is 0 Å². The van der Waals surface area contributed by atoms with Gasteiger partial charge < -0.3 is 49.3 Å². The highest BCUT2D eigenvalue weighted by Gasteiger charge is 2.36. The lowest BCUT2D eigenvalue weighted by Crippen LogP contribution is -2.55. The number of aromatic amines is 1. The standard InChI is InChI=1S/C34H43ClN8O5Si.C23H21ClN8O3/c1-22(34(45)41-18-23(16-36)19-41)38-33(44)26-20-42(21-46-13-14-49(2,3)4)32-31(26)39-27(17-37-32)30-25-9-8-24(35)15-28(25)43(40-30)10-12-48-29-7-5-6-11-47-29;1-12(23(35)31-10-13(7-25)11-31)28-22(34)16-8-26-21-20(16)29-17(9-27-21)19-15-3-2-14(24)6-18(15)32(30-19)4-5-33/h8-9,15,17,20,22-23,29H,5-7,10-14,18-19,21H2,1-4H3,(H,38,44);2-3,6,8-9,12-13,33H,4-5,10-11H2,1H3,(H,26,27)(H,28,34)/t22-,29?;12-/m11/s1. The van der Waals surface area contributed by atoms with E-state index in [9.17, 15) is 24.3 Å². The van der Waals surface area contributed by atoms with Crippen LogP contribution >= 0.6 is 23.2 Å². The molecular formula is C57H64Cl2N16O8Si. The molecule has 4 amide bonds. The van der Waals surface area contributed by atoms with E-state index in [0.29, 0.717) is 108 Å². The number of nitrogens with one attached hydrogen (secondary N) is 3. The quantitative estimate of drug-likeness (QED) is 0.0479. The van der Waals surface area contributed by atoms with Crippen LogP contribution in [-0.2, 0) is 43.6 Å². The third-order valence-corrected chi connectivity index (χ3v) is 17.0. The Kier molecular flexibility index (Phi) is 18.0. The fraction of sp³-hybridized carbons (Fsp3) is 0.439. The highest BCUT2D eigenvalue weighted by atomic mass is 35.5. The number of likely N-dealkylation sites (tertiary alicyclic amines) is 2. The van der Waals surface area contributed by atoms with Gasteiger partial charge in [0.15, 0.2) is 17.6 Å².